The Labute approximate surface area is 92.3 Å². The lowest BCUT2D eigenvalue weighted by Gasteiger charge is -2.09. The van der Waals surface area contributed by atoms with Crippen molar-refractivity contribution in [1.82, 2.24) is 0 Å². The smallest absolute Gasteiger partial charge is 0.175 e. The summed E-state index contributed by atoms with van der Waals surface area (Å²) in [4.78, 5) is 0. The van der Waals surface area contributed by atoms with Gasteiger partial charge in [-0.3, -0.25) is 0 Å². The maximum Gasteiger partial charge on any atom is 0.175 e. The van der Waals surface area contributed by atoms with E-state index >= 15 is 0 Å². The van der Waals surface area contributed by atoms with Crippen LogP contribution in [0.3, 0.4) is 0 Å². The first-order valence-electron chi connectivity index (χ1n) is 4.36. The van der Waals surface area contributed by atoms with Crippen LogP contribution in [0.4, 0.5) is 0 Å². The molecule has 0 amide bonds. The number of benzene rings is 1. The van der Waals surface area contributed by atoms with E-state index in [9.17, 15) is 5.11 Å². The molecule has 0 radical (unpaired) electrons. The van der Waals surface area contributed by atoms with Crippen LogP contribution in [0.5, 0.6) is 11.5 Å². The summed E-state index contributed by atoms with van der Waals surface area (Å²) in [6, 6.07) is 5.18. The van der Waals surface area contributed by atoms with Crippen LogP contribution in [0, 0.1) is 0 Å². The minimum absolute atomic E-state index is 0.154. The fourth-order valence-corrected chi connectivity index (χ4v) is 1.44. The van der Waals surface area contributed by atoms with Crippen molar-refractivity contribution in [2.75, 3.05) is 6.61 Å². The number of halogens is 1. The average Bonchev–Trinajstić information content (AvgIpc) is 2.09. The van der Waals surface area contributed by atoms with E-state index in [1.54, 1.807) is 12.1 Å². The minimum Gasteiger partial charge on any atom is -0.504 e. The van der Waals surface area contributed by atoms with Crippen LogP contribution in [-0.4, -0.2) is 11.7 Å². The van der Waals surface area contributed by atoms with Gasteiger partial charge in [-0.15, -0.1) is 6.58 Å². The van der Waals surface area contributed by atoms with Crippen LogP contribution in [0.15, 0.2) is 34.8 Å². The molecule has 0 heterocycles. The lowest BCUT2D eigenvalue weighted by molar-refractivity contribution is 0.301. The normalized spacial score (nSPS) is 9.86. The quantitative estimate of drug-likeness (QED) is 0.836. The Kier molecular flexibility index (Phi) is 4.01. The van der Waals surface area contributed by atoms with Crippen molar-refractivity contribution in [3.05, 3.63) is 34.8 Å². The van der Waals surface area contributed by atoms with Crippen LogP contribution >= 0.6 is 15.9 Å². The van der Waals surface area contributed by atoms with E-state index in [2.05, 4.69) is 22.5 Å². The van der Waals surface area contributed by atoms with Gasteiger partial charge in [0.2, 0.25) is 0 Å². The van der Waals surface area contributed by atoms with Crippen molar-refractivity contribution in [2.45, 2.75) is 13.3 Å². The second-order valence-electron chi connectivity index (χ2n) is 3.14. The van der Waals surface area contributed by atoms with Gasteiger partial charge >= 0.3 is 0 Å². The number of phenolic OH excluding ortho intramolecular Hbond substituents is 1. The Balaban J connectivity index is 2.62. The van der Waals surface area contributed by atoms with Crippen molar-refractivity contribution >= 4 is 15.9 Å². The number of ether oxygens (including phenoxy) is 1. The van der Waals surface area contributed by atoms with Crippen LogP contribution in [0.25, 0.3) is 0 Å². The molecule has 0 saturated carbocycles. The lowest BCUT2D eigenvalue weighted by Crippen LogP contribution is -1.98. The first-order valence-corrected chi connectivity index (χ1v) is 5.15. The fraction of sp³-hybridized carbons (Fsp3) is 0.273. The highest BCUT2D eigenvalue weighted by atomic mass is 79.9. The molecular weight excluding hydrogens is 244 g/mol. The molecule has 1 aromatic rings. The van der Waals surface area contributed by atoms with Gasteiger partial charge in [0.05, 0.1) is 11.1 Å². The minimum atomic E-state index is 0.154. The third-order valence-corrected chi connectivity index (χ3v) is 2.35. The van der Waals surface area contributed by atoms with Gasteiger partial charge < -0.3 is 9.84 Å². The molecule has 0 fully saturated rings. The zero-order valence-electron chi connectivity index (χ0n) is 8.09. The molecule has 0 aromatic heterocycles. The van der Waals surface area contributed by atoms with E-state index in [0.717, 1.165) is 16.5 Å². The molecule has 0 unspecified atom stereocenters. The maximum absolute atomic E-state index is 9.48. The Morgan fingerprint density at radius 3 is 2.86 bits per heavy atom. The van der Waals surface area contributed by atoms with Gasteiger partial charge in [-0.1, -0.05) is 11.6 Å². The number of phenols is 1. The van der Waals surface area contributed by atoms with Crippen molar-refractivity contribution in [1.29, 1.82) is 0 Å². The van der Waals surface area contributed by atoms with E-state index in [1.807, 2.05) is 13.0 Å². The number of hydrogen-bond acceptors (Lipinski definition) is 2. The van der Waals surface area contributed by atoms with E-state index in [1.165, 1.54) is 0 Å². The third kappa shape index (κ3) is 3.07. The van der Waals surface area contributed by atoms with Gasteiger partial charge in [-0.05, 0) is 35.0 Å². The van der Waals surface area contributed by atoms with Crippen LogP contribution < -0.4 is 4.74 Å². The van der Waals surface area contributed by atoms with Gasteiger partial charge in [0.15, 0.2) is 11.5 Å². The summed E-state index contributed by atoms with van der Waals surface area (Å²) in [5, 5.41) is 9.48. The first-order chi connectivity index (χ1) is 6.61. The van der Waals surface area contributed by atoms with Gasteiger partial charge in [0.1, 0.15) is 0 Å². The Hall–Kier alpha value is -0.960. The van der Waals surface area contributed by atoms with E-state index in [4.69, 9.17) is 4.74 Å². The van der Waals surface area contributed by atoms with Crippen LogP contribution in [0.1, 0.15) is 13.3 Å². The summed E-state index contributed by atoms with van der Waals surface area (Å²) in [6.07, 6.45) is 0.792. The summed E-state index contributed by atoms with van der Waals surface area (Å²) in [6.45, 7) is 6.26. The molecule has 0 bridgehead atoms. The average molecular weight is 257 g/mol. The number of aromatic hydroxyl groups is 1. The summed E-state index contributed by atoms with van der Waals surface area (Å²) in [5.41, 5.74) is 1.07. The van der Waals surface area contributed by atoms with Crippen molar-refractivity contribution < 1.29 is 9.84 Å². The Morgan fingerprint density at radius 1 is 1.57 bits per heavy atom. The molecule has 0 aliphatic heterocycles. The zero-order valence-corrected chi connectivity index (χ0v) is 9.67. The monoisotopic (exact) mass is 256 g/mol. The van der Waals surface area contributed by atoms with Crippen molar-refractivity contribution in [3.8, 4) is 11.5 Å². The third-order valence-electron chi connectivity index (χ3n) is 1.72. The molecule has 1 N–H and O–H groups in total. The van der Waals surface area contributed by atoms with Gasteiger partial charge in [0.25, 0.3) is 0 Å². The first kappa shape index (κ1) is 11.1. The predicted molar refractivity (Wildman–Crippen MR) is 60.7 cm³/mol. The topological polar surface area (TPSA) is 29.5 Å². The standard InChI is InChI=1S/C11H13BrO2/c1-8(2)6-7-14-11-9(12)4-3-5-10(11)13/h3-5,13H,1,6-7H2,2H3. The predicted octanol–water partition coefficient (Wildman–Crippen LogP) is 3.50. The van der Waals surface area contributed by atoms with E-state index in [0.29, 0.717) is 12.4 Å². The Bertz CT molecular complexity index is 314. The molecule has 0 atom stereocenters. The molecule has 0 aliphatic carbocycles. The Morgan fingerprint density at radius 2 is 2.29 bits per heavy atom. The van der Waals surface area contributed by atoms with Crippen molar-refractivity contribution in [3.63, 3.8) is 0 Å². The second-order valence-corrected chi connectivity index (χ2v) is 4.00. The van der Waals surface area contributed by atoms with Gasteiger partial charge in [0, 0.05) is 6.42 Å². The highest BCUT2D eigenvalue weighted by Crippen LogP contribution is 2.33. The largest absolute Gasteiger partial charge is 0.504 e. The summed E-state index contributed by atoms with van der Waals surface area (Å²) in [7, 11) is 0. The van der Waals surface area contributed by atoms with Crippen LogP contribution in [0.2, 0.25) is 0 Å². The van der Waals surface area contributed by atoms with Gasteiger partial charge in [-0.25, -0.2) is 0 Å². The highest BCUT2D eigenvalue weighted by molar-refractivity contribution is 9.10. The molecule has 14 heavy (non-hydrogen) atoms. The van der Waals surface area contributed by atoms with Gasteiger partial charge in [-0.2, -0.15) is 0 Å². The van der Waals surface area contributed by atoms with Crippen LogP contribution in [-0.2, 0) is 0 Å². The lowest BCUT2D eigenvalue weighted by atomic mass is 10.2. The number of para-hydroxylation sites is 1. The number of hydrogen-bond donors (Lipinski definition) is 1. The SMILES string of the molecule is C=C(C)CCOc1c(O)cccc1Br. The molecule has 76 valence electrons. The summed E-state index contributed by atoms with van der Waals surface area (Å²) >= 11 is 3.31. The number of rotatable bonds is 4. The van der Waals surface area contributed by atoms with E-state index in [-0.39, 0.29) is 5.75 Å². The van der Waals surface area contributed by atoms with Crippen molar-refractivity contribution in [2.24, 2.45) is 0 Å². The zero-order chi connectivity index (χ0) is 10.6. The molecule has 0 aliphatic rings. The second kappa shape index (κ2) is 5.05. The molecule has 0 saturated heterocycles. The fourth-order valence-electron chi connectivity index (χ4n) is 0.968. The summed E-state index contributed by atoms with van der Waals surface area (Å²) in [5.74, 6) is 0.648. The maximum atomic E-state index is 9.48. The molecular formula is C11H13BrO2. The molecule has 2 nitrogen and oxygen atoms in total. The molecule has 1 aromatic carbocycles. The molecule has 1 rings (SSSR count). The molecule has 3 heteroatoms. The van der Waals surface area contributed by atoms with E-state index < -0.39 is 0 Å². The summed E-state index contributed by atoms with van der Waals surface area (Å²) < 4.78 is 6.18. The highest BCUT2D eigenvalue weighted by Gasteiger charge is 2.05. The molecule has 0 spiro atoms.